The molecule has 1 aromatic rings. The first kappa shape index (κ1) is 21.7. The van der Waals surface area contributed by atoms with E-state index in [2.05, 4.69) is 0 Å². The van der Waals surface area contributed by atoms with Crippen LogP contribution in [0.3, 0.4) is 0 Å². The van der Waals surface area contributed by atoms with Crippen LogP contribution >= 0.6 is 0 Å². The number of rotatable bonds is 5. The molecule has 0 atom stereocenters. The topological polar surface area (TPSA) is 66.6 Å². The van der Waals surface area contributed by atoms with Gasteiger partial charge in [-0.1, -0.05) is 0 Å². The number of piperazine rings is 1. The van der Waals surface area contributed by atoms with Crippen LogP contribution in [-0.4, -0.2) is 58.4 Å². The van der Waals surface area contributed by atoms with Gasteiger partial charge in [-0.3, -0.25) is 4.90 Å². The predicted octanol–water partition coefficient (Wildman–Crippen LogP) is 2.38. The van der Waals surface area contributed by atoms with Crippen LogP contribution in [-0.2, 0) is 16.2 Å². The van der Waals surface area contributed by atoms with E-state index < -0.39 is 45.6 Å². The maximum atomic E-state index is 13.1. The molecule has 13 heteroatoms. The first-order chi connectivity index (χ1) is 12.2. The molecule has 1 saturated heterocycles. The lowest BCUT2D eigenvalue weighted by Gasteiger charge is -2.37. The fourth-order valence-electron chi connectivity index (χ4n) is 2.72. The van der Waals surface area contributed by atoms with Gasteiger partial charge in [0.1, 0.15) is 0 Å². The van der Waals surface area contributed by atoms with Crippen molar-refractivity contribution in [3.05, 3.63) is 23.8 Å². The molecule has 2 N–H and O–H groups in total. The van der Waals surface area contributed by atoms with Gasteiger partial charge >= 0.3 is 18.5 Å². The van der Waals surface area contributed by atoms with Gasteiger partial charge in [0.2, 0.25) is 10.0 Å². The molecule has 1 fully saturated rings. The Morgan fingerprint density at radius 3 is 2.04 bits per heavy atom. The van der Waals surface area contributed by atoms with Crippen molar-refractivity contribution in [1.29, 1.82) is 0 Å². The fraction of sp³-hybridized carbons (Fsp3) is 0.571. The molecule has 1 aliphatic heterocycles. The van der Waals surface area contributed by atoms with Crippen LogP contribution < -0.4 is 10.0 Å². The second-order valence-electron chi connectivity index (χ2n) is 6.05. The summed E-state index contributed by atoms with van der Waals surface area (Å²) in [6, 6.07) is 2.46. The van der Waals surface area contributed by atoms with E-state index in [-0.39, 0.29) is 31.9 Å². The summed E-state index contributed by atoms with van der Waals surface area (Å²) < 4.78 is 113. The normalized spacial score (nSPS) is 17.6. The van der Waals surface area contributed by atoms with Crippen molar-refractivity contribution in [2.75, 3.05) is 37.6 Å². The lowest BCUT2D eigenvalue weighted by atomic mass is 10.1. The van der Waals surface area contributed by atoms with Gasteiger partial charge in [-0.05, 0) is 18.2 Å². The van der Waals surface area contributed by atoms with Crippen molar-refractivity contribution >= 4 is 15.7 Å². The van der Waals surface area contributed by atoms with E-state index >= 15 is 0 Å². The highest BCUT2D eigenvalue weighted by Gasteiger charge is 2.43. The highest BCUT2D eigenvalue weighted by Crippen LogP contribution is 2.36. The highest BCUT2D eigenvalue weighted by molar-refractivity contribution is 7.89. The molecule has 154 valence electrons. The minimum absolute atomic E-state index is 0.00529. The lowest BCUT2D eigenvalue weighted by molar-refractivity contribution is -0.142. The molecule has 27 heavy (non-hydrogen) atoms. The van der Waals surface area contributed by atoms with Crippen LogP contribution in [0.2, 0.25) is 0 Å². The molecule has 1 heterocycles. The fourth-order valence-corrected chi connectivity index (χ4v) is 3.45. The molecule has 0 radical (unpaired) electrons. The number of hydrogen-bond donors (Lipinski definition) is 1. The molecule has 0 amide bonds. The van der Waals surface area contributed by atoms with E-state index in [4.69, 9.17) is 5.14 Å². The minimum atomic E-state index is -4.97. The van der Waals surface area contributed by atoms with Crippen LogP contribution in [0, 0.1) is 0 Å². The van der Waals surface area contributed by atoms with E-state index in [1.807, 2.05) is 0 Å². The van der Waals surface area contributed by atoms with Gasteiger partial charge in [0.15, 0.2) is 0 Å². The number of nitrogens with two attached hydrogens (primary N) is 1. The zero-order valence-corrected chi connectivity index (χ0v) is 14.5. The largest absolute Gasteiger partial charge is 0.417 e. The molecular weight excluding hydrogens is 407 g/mol. The SMILES string of the molecule is NS(=O)(=O)c1ccc(N2CCN(CC(F)(F)C(F)F)CC2)cc1C(F)(F)F. The number of sulfonamides is 1. The Balaban J connectivity index is 2.17. The molecule has 2 rings (SSSR count). The summed E-state index contributed by atoms with van der Waals surface area (Å²) >= 11 is 0. The Morgan fingerprint density at radius 1 is 1.04 bits per heavy atom. The number of alkyl halides is 7. The highest BCUT2D eigenvalue weighted by atomic mass is 32.2. The summed E-state index contributed by atoms with van der Waals surface area (Å²) in [5.41, 5.74) is -1.41. The van der Waals surface area contributed by atoms with E-state index in [1.165, 1.54) is 4.90 Å². The quantitative estimate of drug-likeness (QED) is 0.739. The first-order valence-corrected chi connectivity index (χ1v) is 9.14. The van der Waals surface area contributed by atoms with Crippen LogP contribution in [0.15, 0.2) is 23.1 Å². The average molecular weight is 423 g/mol. The van der Waals surface area contributed by atoms with E-state index in [0.717, 1.165) is 17.0 Å². The average Bonchev–Trinajstić information content (AvgIpc) is 2.53. The molecule has 0 saturated carbocycles. The Morgan fingerprint density at radius 2 is 1.59 bits per heavy atom. The standard InChI is InChI=1S/C14H16F7N3O2S/c15-12(16)13(17,18)8-23-3-5-24(6-4-23)9-1-2-11(27(22,25)26)10(7-9)14(19,20)21/h1-2,7,12H,3-6,8H2,(H2,22,25,26). The Hall–Kier alpha value is -1.60. The van der Waals surface area contributed by atoms with Crippen LogP contribution in [0.4, 0.5) is 36.4 Å². The monoisotopic (exact) mass is 423 g/mol. The third-order valence-electron chi connectivity index (χ3n) is 4.07. The third kappa shape index (κ3) is 5.23. The summed E-state index contributed by atoms with van der Waals surface area (Å²) in [7, 11) is -4.60. The molecule has 1 aliphatic rings. The lowest BCUT2D eigenvalue weighted by Crippen LogP contribution is -2.51. The number of anilines is 1. The molecule has 5 nitrogen and oxygen atoms in total. The second kappa shape index (κ2) is 7.43. The van der Waals surface area contributed by atoms with Crippen molar-refractivity contribution < 1.29 is 39.2 Å². The first-order valence-electron chi connectivity index (χ1n) is 7.59. The molecule has 0 unspecified atom stereocenters. The summed E-state index contributed by atoms with van der Waals surface area (Å²) in [4.78, 5) is 1.43. The van der Waals surface area contributed by atoms with Gasteiger partial charge < -0.3 is 4.90 Å². The van der Waals surface area contributed by atoms with Crippen molar-refractivity contribution in [3.63, 3.8) is 0 Å². The second-order valence-corrected chi connectivity index (χ2v) is 7.58. The zero-order valence-electron chi connectivity index (χ0n) is 13.7. The third-order valence-corrected chi connectivity index (χ3v) is 5.04. The molecule has 0 spiro atoms. The molecule has 0 bridgehead atoms. The van der Waals surface area contributed by atoms with Crippen molar-refractivity contribution in [2.24, 2.45) is 5.14 Å². The molecular formula is C14H16F7N3O2S. The number of halogens is 7. The van der Waals surface area contributed by atoms with Gasteiger partial charge in [-0.15, -0.1) is 0 Å². The van der Waals surface area contributed by atoms with Gasteiger partial charge in [0.05, 0.1) is 17.0 Å². The maximum Gasteiger partial charge on any atom is 0.417 e. The Labute approximate surface area is 150 Å². The molecule has 0 aliphatic carbocycles. The Kier molecular flexibility index (Phi) is 5.97. The van der Waals surface area contributed by atoms with Gasteiger partial charge in [0.25, 0.3) is 0 Å². The van der Waals surface area contributed by atoms with Gasteiger partial charge in [0, 0.05) is 31.9 Å². The van der Waals surface area contributed by atoms with Crippen LogP contribution in [0.25, 0.3) is 0 Å². The minimum Gasteiger partial charge on any atom is -0.369 e. The van der Waals surface area contributed by atoms with Crippen molar-refractivity contribution in [2.45, 2.75) is 23.4 Å². The maximum absolute atomic E-state index is 13.1. The van der Waals surface area contributed by atoms with Gasteiger partial charge in [-0.2, -0.15) is 22.0 Å². The zero-order chi connectivity index (χ0) is 20.6. The summed E-state index contributed by atoms with van der Waals surface area (Å²) in [5, 5.41) is 4.80. The predicted molar refractivity (Wildman–Crippen MR) is 82.4 cm³/mol. The van der Waals surface area contributed by atoms with Gasteiger partial charge in [-0.25, -0.2) is 22.3 Å². The van der Waals surface area contributed by atoms with Crippen molar-refractivity contribution in [1.82, 2.24) is 4.90 Å². The number of primary sulfonamides is 1. The number of nitrogens with zero attached hydrogens (tertiary/aromatic N) is 2. The van der Waals surface area contributed by atoms with E-state index in [1.54, 1.807) is 0 Å². The number of benzene rings is 1. The van der Waals surface area contributed by atoms with Crippen molar-refractivity contribution in [3.8, 4) is 0 Å². The number of hydrogen-bond acceptors (Lipinski definition) is 4. The van der Waals surface area contributed by atoms with Crippen LogP contribution in [0.5, 0.6) is 0 Å². The molecule has 1 aromatic carbocycles. The smallest absolute Gasteiger partial charge is 0.369 e. The Bertz CT molecular complexity index is 775. The van der Waals surface area contributed by atoms with Crippen LogP contribution in [0.1, 0.15) is 5.56 Å². The van der Waals surface area contributed by atoms with E-state index in [0.29, 0.717) is 6.07 Å². The summed E-state index contributed by atoms with van der Waals surface area (Å²) in [6.45, 7) is -1.28. The molecule has 0 aromatic heterocycles. The summed E-state index contributed by atoms with van der Waals surface area (Å²) in [5.74, 6) is -4.18. The summed E-state index contributed by atoms with van der Waals surface area (Å²) in [6.07, 6.45) is -8.78. The van der Waals surface area contributed by atoms with E-state index in [9.17, 15) is 39.2 Å².